The number of halogens is 3. The van der Waals surface area contributed by atoms with Crippen molar-refractivity contribution in [2.45, 2.75) is 42.4 Å². The number of rotatable bonds is 4. The topological polar surface area (TPSA) is 97.0 Å². The van der Waals surface area contributed by atoms with Gasteiger partial charge in [0.1, 0.15) is 10.3 Å². The minimum atomic E-state index is -4.32. The molecule has 28 heavy (non-hydrogen) atoms. The first-order valence-corrected chi connectivity index (χ1v) is 11.9. The van der Waals surface area contributed by atoms with Gasteiger partial charge in [-0.3, -0.25) is 0 Å². The van der Waals surface area contributed by atoms with Gasteiger partial charge in [0, 0.05) is 29.0 Å². The number of nitriles is 1. The minimum absolute atomic E-state index is 0.0530. The third-order valence-electron chi connectivity index (χ3n) is 4.93. The van der Waals surface area contributed by atoms with Crippen LogP contribution >= 0.6 is 10.7 Å². The molecule has 0 bridgehead atoms. The molecule has 1 aliphatic carbocycles. The smallest absolute Gasteiger partial charge is 0.244 e. The summed E-state index contributed by atoms with van der Waals surface area (Å²) >= 11 is 0. The summed E-state index contributed by atoms with van der Waals surface area (Å²) < 4.78 is 77.9. The lowest BCUT2D eigenvalue weighted by Crippen LogP contribution is -2.36. The number of nitrogens with zero attached hydrogens (tertiary/aromatic N) is 2. The number of aryl methyl sites for hydroxylation is 1. The van der Waals surface area contributed by atoms with Crippen LogP contribution in [0.2, 0.25) is 0 Å². The molecule has 6 nitrogen and oxygen atoms in total. The lowest BCUT2D eigenvalue weighted by Gasteiger charge is -2.31. The van der Waals surface area contributed by atoms with Crippen LogP contribution in [0.1, 0.15) is 23.2 Å². The van der Waals surface area contributed by atoms with Crippen LogP contribution < -0.4 is 0 Å². The predicted octanol–water partition coefficient (Wildman–Crippen LogP) is 3.22. The molecule has 0 spiro atoms. The van der Waals surface area contributed by atoms with E-state index < -0.39 is 42.2 Å². The summed E-state index contributed by atoms with van der Waals surface area (Å²) in [5.74, 6) is 0. The predicted molar refractivity (Wildman–Crippen MR) is 97.3 cm³/mol. The van der Waals surface area contributed by atoms with Gasteiger partial charge >= 0.3 is 0 Å². The number of hydrogen-bond donors (Lipinski definition) is 0. The summed E-state index contributed by atoms with van der Waals surface area (Å²) in [4.78, 5) is -0.583. The molecule has 0 fully saturated rings. The lowest BCUT2D eigenvalue weighted by molar-refractivity contribution is 0.0228. The molecule has 0 aliphatic heterocycles. The Hall–Kier alpha value is -1.96. The van der Waals surface area contributed by atoms with Crippen LogP contribution in [0.3, 0.4) is 0 Å². The first kappa shape index (κ1) is 20.8. The van der Waals surface area contributed by atoms with Gasteiger partial charge in [-0.2, -0.15) is 5.26 Å². The molecule has 0 saturated carbocycles. The van der Waals surface area contributed by atoms with Crippen molar-refractivity contribution in [3.05, 3.63) is 47.3 Å². The standard InChI is InChI=1S/C17H15ClF2N2O4S2/c1-11-2-4-12(5-3-11)28(25,26)22-9-15(27(18,23)24)13-6-7-17(10-21,16(19)20)8-14(13)22/h2-5,9,16H,6-8H2,1H3/t17-/m0/s1. The van der Waals surface area contributed by atoms with E-state index in [9.17, 15) is 30.9 Å². The van der Waals surface area contributed by atoms with Gasteiger partial charge in [0.05, 0.1) is 11.0 Å². The van der Waals surface area contributed by atoms with E-state index in [2.05, 4.69) is 0 Å². The normalized spacial score (nSPS) is 20.0. The molecule has 11 heteroatoms. The van der Waals surface area contributed by atoms with Gasteiger partial charge in [0.25, 0.3) is 25.5 Å². The number of benzene rings is 1. The van der Waals surface area contributed by atoms with Crippen LogP contribution in [0, 0.1) is 23.7 Å². The van der Waals surface area contributed by atoms with E-state index >= 15 is 0 Å². The van der Waals surface area contributed by atoms with Crippen molar-refractivity contribution in [2.75, 3.05) is 0 Å². The molecule has 3 rings (SSSR count). The Labute approximate surface area is 165 Å². The molecule has 1 aromatic heterocycles. The van der Waals surface area contributed by atoms with Crippen molar-refractivity contribution in [3.63, 3.8) is 0 Å². The molecule has 1 atom stereocenters. The molecule has 0 radical (unpaired) electrons. The highest BCUT2D eigenvalue weighted by atomic mass is 35.7. The first-order valence-electron chi connectivity index (χ1n) is 8.12. The molecule has 1 heterocycles. The SMILES string of the molecule is Cc1ccc(S(=O)(=O)n2cc(S(=O)(=O)Cl)c3c2C[C@@](C#N)(C(F)F)CC3)cc1. The van der Waals surface area contributed by atoms with Crippen LogP contribution in [0.25, 0.3) is 0 Å². The van der Waals surface area contributed by atoms with E-state index in [4.69, 9.17) is 10.7 Å². The Bertz CT molecular complexity index is 1180. The van der Waals surface area contributed by atoms with Gasteiger partial charge in [0.15, 0.2) is 0 Å². The van der Waals surface area contributed by atoms with Crippen molar-refractivity contribution in [1.29, 1.82) is 5.26 Å². The van der Waals surface area contributed by atoms with Gasteiger partial charge < -0.3 is 0 Å². The first-order chi connectivity index (χ1) is 12.9. The summed E-state index contributed by atoms with van der Waals surface area (Å²) in [5, 5.41) is 9.31. The lowest BCUT2D eigenvalue weighted by atomic mass is 9.75. The van der Waals surface area contributed by atoms with Gasteiger partial charge in [-0.15, -0.1) is 0 Å². The Morgan fingerprint density at radius 3 is 2.32 bits per heavy atom. The van der Waals surface area contributed by atoms with Gasteiger partial charge in [-0.1, -0.05) is 17.7 Å². The molecule has 0 unspecified atom stereocenters. The molecular weight excluding hydrogens is 434 g/mol. The van der Waals surface area contributed by atoms with Gasteiger partial charge in [0.2, 0.25) is 0 Å². The molecular formula is C17H15ClF2N2O4S2. The highest BCUT2D eigenvalue weighted by molar-refractivity contribution is 8.13. The molecule has 0 amide bonds. The fourth-order valence-electron chi connectivity index (χ4n) is 3.30. The summed E-state index contributed by atoms with van der Waals surface area (Å²) in [6.07, 6.45) is -3.30. The van der Waals surface area contributed by atoms with E-state index in [0.29, 0.717) is 3.97 Å². The van der Waals surface area contributed by atoms with E-state index in [1.165, 1.54) is 12.1 Å². The monoisotopic (exact) mass is 448 g/mol. The average molecular weight is 449 g/mol. The maximum Gasteiger partial charge on any atom is 0.267 e. The van der Waals surface area contributed by atoms with Crippen molar-refractivity contribution in [1.82, 2.24) is 3.97 Å². The van der Waals surface area contributed by atoms with Gasteiger partial charge in [-0.25, -0.2) is 29.6 Å². The van der Waals surface area contributed by atoms with E-state index in [1.54, 1.807) is 25.1 Å². The summed E-state index contributed by atoms with van der Waals surface area (Å²) in [6.45, 7) is 1.76. The minimum Gasteiger partial charge on any atom is -0.244 e. The number of hydrogen-bond acceptors (Lipinski definition) is 5. The van der Waals surface area contributed by atoms with Crippen LogP contribution in [0.5, 0.6) is 0 Å². The highest BCUT2D eigenvalue weighted by Gasteiger charge is 2.47. The van der Waals surface area contributed by atoms with Crippen molar-refractivity contribution in [3.8, 4) is 6.07 Å². The second-order valence-electron chi connectivity index (χ2n) is 6.72. The molecule has 150 valence electrons. The van der Waals surface area contributed by atoms with Crippen LogP contribution in [-0.2, 0) is 31.9 Å². The molecule has 1 aromatic carbocycles. The third kappa shape index (κ3) is 3.32. The van der Waals surface area contributed by atoms with Gasteiger partial charge in [-0.05, 0) is 37.5 Å². The van der Waals surface area contributed by atoms with E-state index in [-0.39, 0.29) is 29.0 Å². The Balaban J connectivity index is 2.28. The largest absolute Gasteiger partial charge is 0.267 e. The zero-order valence-corrected chi connectivity index (χ0v) is 17.0. The third-order valence-corrected chi connectivity index (χ3v) is 8.02. The highest BCUT2D eigenvalue weighted by Crippen LogP contribution is 2.43. The molecule has 0 N–H and O–H groups in total. The molecule has 1 aliphatic rings. The Morgan fingerprint density at radius 2 is 1.82 bits per heavy atom. The fourth-order valence-corrected chi connectivity index (χ4v) is 5.93. The Kier molecular flexibility index (Phi) is 5.06. The summed E-state index contributed by atoms with van der Waals surface area (Å²) in [6, 6.07) is 7.37. The number of fused-ring (bicyclic) bond motifs is 1. The van der Waals surface area contributed by atoms with Crippen LogP contribution in [-0.4, -0.2) is 27.2 Å². The van der Waals surface area contributed by atoms with E-state index in [0.717, 1.165) is 11.8 Å². The molecule has 2 aromatic rings. The average Bonchev–Trinajstić information content (AvgIpc) is 3.01. The van der Waals surface area contributed by atoms with Crippen molar-refractivity contribution < 1.29 is 25.6 Å². The van der Waals surface area contributed by atoms with Crippen LogP contribution in [0.15, 0.2) is 40.3 Å². The summed E-state index contributed by atoms with van der Waals surface area (Å²) in [7, 11) is -3.16. The summed E-state index contributed by atoms with van der Waals surface area (Å²) in [5.41, 5.74) is -1.40. The van der Waals surface area contributed by atoms with E-state index in [1.807, 2.05) is 0 Å². The molecule has 0 saturated heterocycles. The number of aromatic nitrogens is 1. The number of alkyl halides is 2. The maximum absolute atomic E-state index is 13.6. The second kappa shape index (κ2) is 6.83. The van der Waals surface area contributed by atoms with Crippen LogP contribution in [0.4, 0.5) is 8.78 Å². The maximum atomic E-state index is 13.6. The fraction of sp³-hybridized carbons (Fsp3) is 0.353. The second-order valence-corrected chi connectivity index (χ2v) is 11.1. The zero-order valence-electron chi connectivity index (χ0n) is 14.6. The van der Waals surface area contributed by atoms with Crippen molar-refractivity contribution >= 4 is 29.8 Å². The quantitative estimate of drug-likeness (QED) is 0.669. The zero-order chi connectivity index (χ0) is 20.9. The van der Waals surface area contributed by atoms with Crippen molar-refractivity contribution in [2.24, 2.45) is 5.41 Å². The Morgan fingerprint density at radius 1 is 1.21 bits per heavy atom.